The number of rotatable bonds is 4. The largest absolute Gasteiger partial charge is 0.354 e. The highest BCUT2D eigenvalue weighted by atomic mass is 16.2. The second kappa shape index (κ2) is 4.78. The summed E-state index contributed by atoms with van der Waals surface area (Å²) in [6.45, 7) is 0.894. The van der Waals surface area contributed by atoms with E-state index in [0.717, 1.165) is 12.8 Å². The lowest BCUT2D eigenvalue weighted by Crippen LogP contribution is -2.36. The monoisotopic (exact) mass is 222 g/mol. The van der Waals surface area contributed by atoms with Gasteiger partial charge in [0.1, 0.15) is 6.33 Å². The molecule has 0 unspecified atom stereocenters. The molecule has 1 heterocycles. The van der Waals surface area contributed by atoms with Crippen molar-refractivity contribution >= 4 is 11.9 Å². The number of hydrogen-bond donors (Lipinski definition) is 2. The van der Waals surface area contributed by atoms with Crippen LogP contribution in [0.5, 0.6) is 0 Å². The van der Waals surface area contributed by atoms with Gasteiger partial charge >= 0.3 is 6.03 Å². The first-order valence-corrected chi connectivity index (χ1v) is 5.31. The summed E-state index contributed by atoms with van der Waals surface area (Å²) < 4.78 is 1.35. The molecule has 1 aliphatic rings. The Morgan fingerprint density at radius 3 is 2.69 bits per heavy atom. The first kappa shape index (κ1) is 10.7. The van der Waals surface area contributed by atoms with Crippen molar-refractivity contribution in [1.82, 2.24) is 20.2 Å². The average Bonchev–Trinajstić information content (AvgIpc) is 2.99. The van der Waals surface area contributed by atoms with Crippen molar-refractivity contribution in [1.29, 1.82) is 0 Å². The van der Waals surface area contributed by atoms with Gasteiger partial charge < -0.3 is 10.6 Å². The standard InChI is InChI=1S/C10H14N4O2/c15-9(8-1-2-8)12-3-4-13-10(16)14-6-5-11-7-14/h5-8H,1-4H2,(H,12,15)(H,13,16). The number of carbonyl (C=O) groups is 2. The molecular weight excluding hydrogens is 208 g/mol. The zero-order chi connectivity index (χ0) is 11.4. The van der Waals surface area contributed by atoms with Gasteiger partial charge in [-0.2, -0.15) is 0 Å². The molecule has 1 fully saturated rings. The minimum Gasteiger partial charge on any atom is -0.354 e. The van der Waals surface area contributed by atoms with Crippen LogP contribution in [0.15, 0.2) is 18.7 Å². The molecule has 0 aliphatic heterocycles. The molecule has 1 saturated carbocycles. The quantitative estimate of drug-likeness (QED) is 0.702. The maximum absolute atomic E-state index is 11.4. The predicted octanol–water partition coefficient (Wildman–Crippen LogP) is -0.0330. The van der Waals surface area contributed by atoms with E-state index < -0.39 is 0 Å². The van der Waals surface area contributed by atoms with Crippen LogP contribution in [0.3, 0.4) is 0 Å². The van der Waals surface area contributed by atoms with E-state index in [1.807, 2.05) is 0 Å². The van der Waals surface area contributed by atoms with Gasteiger partial charge in [0, 0.05) is 31.4 Å². The first-order chi connectivity index (χ1) is 7.77. The third-order valence-electron chi connectivity index (χ3n) is 2.39. The predicted molar refractivity (Wildman–Crippen MR) is 56.8 cm³/mol. The zero-order valence-electron chi connectivity index (χ0n) is 8.85. The third kappa shape index (κ3) is 2.82. The van der Waals surface area contributed by atoms with Gasteiger partial charge in [0.25, 0.3) is 0 Å². The Morgan fingerprint density at radius 2 is 2.06 bits per heavy atom. The fraction of sp³-hybridized carbons (Fsp3) is 0.500. The Labute approximate surface area is 93.0 Å². The second-order valence-corrected chi connectivity index (χ2v) is 3.77. The first-order valence-electron chi connectivity index (χ1n) is 5.31. The van der Waals surface area contributed by atoms with Crippen LogP contribution in [0.1, 0.15) is 12.8 Å². The van der Waals surface area contributed by atoms with Crippen LogP contribution >= 0.6 is 0 Å². The van der Waals surface area contributed by atoms with Crippen LogP contribution in [-0.2, 0) is 4.79 Å². The summed E-state index contributed by atoms with van der Waals surface area (Å²) in [4.78, 5) is 26.4. The molecular formula is C10H14N4O2. The van der Waals surface area contributed by atoms with E-state index in [0.29, 0.717) is 13.1 Å². The molecule has 0 saturated heterocycles. The van der Waals surface area contributed by atoms with Gasteiger partial charge in [0.15, 0.2) is 0 Å². The minimum atomic E-state index is -0.238. The summed E-state index contributed by atoms with van der Waals surface area (Å²) in [6.07, 6.45) is 6.52. The summed E-state index contributed by atoms with van der Waals surface area (Å²) in [7, 11) is 0. The molecule has 0 aromatic carbocycles. The van der Waals surface area contributed by atoms with Crippen molar-refractivity contribution < 1.29 is 9.59 Å². The van der Waals surface area contributed by atoms with E-state index in [1.54, 1.807) is 6.20 Å². The Kier molecular flexibility index (Phi) is 3.19. The van der Waals surface area contributed by atoms with Gasteiger partial charge in [0.05, 0.1) is 0 Å². The van der Waals surface area contributed by atoms with Crippen molar-refractivity contribution in [2.75, 3.05) is 13.1 Å². The summed E-state index contributed by atoms with van der Waals surface area (Å²) in [5, 5.41) is 5.44. The Morgan fingerprint density at radius 1 is 1.31 bits per heavy atom. The molecule has 2 amide bonds. The number of carbonyl (C=O) groups excluding carboxylic acids is 2. The van der Waals surface area contributed by atoms with E-state index in [-0.39, 0.29) is 17.9 Å². The van der Waals surface area contributed by atoms with Gasteiger partial charge in [-0.3, -0.25) is 9.36 Å². The van der Waals surface area contributed by atoms with Crippen LogP contribution in [0.4, 0.5) is 4.79 Å². The van der Waals surface area contributed by atoms with Gasteiger partial charge in [-0.05, 0) is 12.8 Å². The maximum atomic E-state index is 11.4. The fourth-order valence-corrected chi connectivity index (χ4v) is 1.32. The maximum Gasteiger partial charge on any atom is 0.326 e. The van der Waals surface area contributed by atoms with Crippen molar-refractivity contribution in [3.8, 4) is 0 Å². The highest BCUT2D eigenvalue weighted by molar-refractivity contribution is 5.81. The fourth-order valence-electron chi connectivity index (χ4n) is 1.32. The topological polar surface area (TPSA) is 76.0 Å². The summed E-state index contributed by atoms with van der Waals surface area (Å²) in [5.41, 5.74) is 0. The summed E-state index contributed by atoms with van der Waals surface area (Å²) in [6, 6.07) is -0.238. The van der Waals surface area contributed by atoms with Crippen LogP contribution in [0.25, 0.3) is 0 Å². The minimum absolute atomic E-state index is 0.0943. The highest BCUT2D eigenvalue weighted by Crippen LogP contribution is 2.28. The second-order valence-electron chi connectivity index (χ2n) is 3.77. The average molecular weight is 222 g/mol. The van der Waals surface area contributed by atoms with Gasteiger partial charge in [-0.15, -0.1) is 0 Å². The summed E-state index contributed by atoms with van der Waals surface area (Å²) in [5.74, 6) is 0.307. The van der Waals surface area contributed by atoms with E-state index in [4.69, 9.17) is 0 Å². The summed E-state index contributed by atoms with van der Waals surface area (Å²) >= 11 is 0. The molecule has 6 heteroatoms. The van der Waals surface area contributed by atoms with Crippen LogP contribution in [-0.4, -0.2) is 34.6 Å². The van der Waals surface area contributed by atoms with Crippen LogP contribution < -0.4 is 10.6 Å². The molecule has 1 aromatic rings. The van der Waals surface area contributed by atoms with E-state index >= 15 is 0 Å². The number of hydrogen-bond acceptors (Lipinski definition) is 3. The number of imidazole rings is 1. The van der Waals surface area contributed by atoms with Gasteiger partial charge in [0.2, 0.25) is 5.91 Å². The molecule has 86 valence electrons. The Balaban J connectivity index is 1.60. The molecule has 0 spiro atoms. The van der Waals surface area contributed by atoms with Crippen molar-refractivity contribution in [2.24, 2.45) is 5.92 Å². The van der Waals surface area contributed by atoms with Crippen molar-refractivity contribution in [3.63, 3.8) is 0 Å². The normalized spacial score (nSPS) is 14.5. The lowest BCUT2D eigenvalue weighted by atomic mass is 10.4. The molecule has 2 N–H and O–H groups in total. The van der Waals surface area contributed by atoms with Gasteiger partial charge in [-0.25, -0.2) is 9.78 Å². The van der Waals surface area contributed by atoms with Crippen LogP contribution in [0, 0.1) is 5.92 Å². The molecule has 6 nitrogen and oxygen atoms in total. The zero-order valence-corrected chi connectivity index (χ0v) is 8.85. The Hall–Kier alpha value is -1.85. The molecule has 1 aromatic heterocycles. The van der Waals surface area contributed by atoms with E-state index in [2.05, 4.69) is 15.6 Å². The Bertz CT molecular complexity index is 370. The van der Waals surface area contributed by atoms with E-state index in [1.165, 1.54) is 17.1 Å². The number of nitrogens with zero attached hydrogens (tertiary/aromatic N) is 2. The third-order valence-corrected chi connectivity index (χ3v) is 2.39. The lowest BCUT2D eigenvalue weighted by Gasteiger charge is -2.06. The number of aromatic nitrogens is 2. The van der Waals surface area contributed by atoms with Crippen molar-refractivity contribution in [2.45, 2.75) is 12.8 Å². The molecule has 1 aliphatic carbocycles. The molecule has 16 heavy (non-hydrogen) atoms. The smallest absolute Gasteiger partial charge is 0.326 e. The highest BCUT2D eigenvalue weighted by Gasteiger charge is 2.28. The molecule has 0 radical (unpaired) electrons. The lowest BCUT2D eigenvalue weighted by molar-refractivity contribution is -0.122. The SMILES string of the molecule is O=C(NCCNC(=O)n1ccnc1)C1CC1. The van der Waals surface area contributed by atoms with E-state index in [9.17, 15) is 9.59 Å². The molecule has 0 bridgehead atoms. The van der Waals surface area contributed by atoms with Crippen LogP contribution in [0.2, 0.25) is 0 Å². The van der Waals surface area contributed by atoms with Crippen molar-refractivity contribution in [3.05, 3.63) is 18.7 Å². The number of nitrogens with one attached hydrogen (secondary N) is 2. The molecule has 0 atom stereocenters. The molecule has 2 rings (SSSR count). The number of amides is 2. The van der Waals surface area contributed by atoms with Gasteiger partial charge in [-0.1, -0.05) is 0 Å².